The highest BCUT2D eigenvalue weighted by Gasteiger charge is 2.12. The Hall–Kier alpha value is -3.38. The molecule has 1 aromatic heterocycles. The van der Waals surface area contributed by atoms with Gasteiger partial charge in [-0.25, -0.2) is 9.97 Å². The van der Waals surface area contributed by atoms with Crippen LogP contribution in [-0.4, -0.2) is 27.8 Å². The van der Waals surface area contributed by atoms with Crippen LogP contribution in [0, 0.1) is 6.92 Å². The summed E-state index contributed by atoms with van der Waals surface area (Å²) in [4.78, 5) is 13.3. The van der Waals surface area contributed by atoms with Gasteiger partial charge >= 0.3 is 0 Å². The fourth-order valence-electron chi connectivity index (χ4n) is 2.94. The van der Waals surface area contributed by atoms with Gasteiger partial charge in [0.15, 0.2) is 5.82 Å². The molecule has 31 heavy (non-hydrogen) atoms. The van der Waals surface area contributed by atoms with E-state index in [2.05, 4.69) is 51.8 Å². The predicted molar refractivity (Wildman–Crippen MR) is 131 cm³/mol. The summed E-state index contributed by atoms with van der Waals surface area (Å²) < 4.78 is 6.07. The predicted octanol–water partition coefficient (Wildman–Crippen LogP) is 6.13. The van der Waals surface area contributed by atoms with Gasteiger partial charge in [0, 0.05) is 11.4 Å². The van der Waals surface area contributed by atoms with Crippen LogP contribution in [0.1, 0.15) is 11.1 Å². The number of allylic oxidation sites excluding steroid dienone is 2. The summed E-state index contributed by atoms with van der Waals surface area (Å²) in [5.41, 5.74) is 5.00. The standard InChI is InChI=1S/C25H26N4OS/c1-5-8-19(6-2)15-30-23-13-18(3)11-12-22(23)24-26-17-27-25(29-24)28-21-10-7-9-20(14-21)16-31-4/h5-14,17H,1-2,15-16H2,3-4H3,(H,26,27,28,29)/b19-8+. The van der Waals surface area contributed by atoms with Crippen LogP contribution in [0.25, 0.3) is 11.4 Å². The van der Waals surface area contributed by atoms with E-state index < -0.39 is 0 Å². The van der Waals surface area contributed by atoms with Crippen molar-refractivity contribution in [2.75, 3.05) is 18.2 Å². The molecule has 0 unspecified atom stereocenters. The second-order valence-corrected chi connectivity index (χ2v) is 7.73. The van der Waals surface area contributed by atoms with Crippen molar-refractivity contribution >= 4 is 23.4 Å². The first-order chi connectivity index (χ1) is 15.1. The highest BCUT2D eigenvalue weighted by molar-refractivity contribution is 7.97. The number of hydrogen-bond acceptors (Lipinski definition) is 6. The quantitative estimate of drug-likeness (QED) is 0.390. The highest BCUT2D eigenvalue weighted by Crippen LogP contribution is 2.29. The zero-order valence-corrected chi connectivity index (χ0v) is 18.7. The van der Waals surface area contributed by atoms with E-state index >= 15 is 0 Å². The summed E-state index contributed by atoms with van der Waals surface area (Å²) in [5.74, 6) is 2.68. The Labute approximate surface area is 188 Å². The lowest BCUT2D eigenvalue weighted by atomic mass is 10.1. The molecule has 1 N–H and O–H groups in total. The first-order valence-corrected chi connectivity index (χ1v) is 11.2. The van der Waals surface area contributed by atoms with Crippen LogP contribution in [0.3, 0.4) is 0 Å². The van der Waals surface area contributed by atoms with Crippen LogP contribution in [0.4, 0.5) is 11.6 Å². The average molecular weight is 431 g/mol. The molecule has 0 saturated heterocycles. The van der Waals surface area contributed by atoms with Crippen molar-refractivity contribution in [2.24, 2.45) is 0 Å². The number of anilines is 2. The summed E-state index contributed by atoms with van der Waals surface area (Å²) in [6.07, 6.45) is 8.94. The van der Waals surface area contributed by atoms with Gasteiger partial charge in [-0.2, -0.15) is 16.7 Å². The Kier molecular flexibility index (Phi) is 8.01. The fraction of sp³-hybridized carbons (Fsp3) is 0.160. The maximum absolute atomic E-state index is 6.07. The zero-order chi connectivity index (χ0) is 22.1. The average Bonchev–Trinajstić information content (AvgIpc) is 2.77. The molecule has 6 heteroatoms. The van der Waals surface area contributed by atoms with Crippen molar-refractivity contribution in [3.63, 3.8) is 0 Å². The van der Waals surface area contributed by atoms with Crippen molar-refractivity contribution < 1.29 is 4.74 Å². The summed E-state index contributed by atoms with van der Waals surface area (Å²) in [5, 5.41) is 3.27. The fourth-order valence-corrected chi connectivity index (χ4v) is 3.46. The lowest BCUT2D eigenvalue weighted by Gasteiger charge is -2.13. The van der Waals surface area contributed by atoms with E-state index in [0.29, 0.717) is 24.1 Å². The second kappa shape index (κ2) is 11.1. The maximum Gasteiger partial charge on any atom is 0.230 e. The SMILES string of the molecule is C=C/C=C(\C=C)COc1cc(C)ccc1-c1ncnc(Nc2cccc(CSC)c2)n1. The van der Waals surface area contributed by atoms with Crippen LogP contribution in [0.2, 0.25) is 0 Å². The molecule has 0 aliphatic carbocycles. The molecule has 1 heterocycles. The third kappa shape index (κ3) is 6.30. The number of nitrogens with one attached hydrogen (secondary N) is 1. The van der Waals surface area contributed by atoms with Crippen LogP contribution in [0.5, 0.6) is 5.75 Å². The summed E-state index contributed by atoms with van der Waals surface area (Å²) >= 11 is 1.78. The van der Waals surface area contributed by atoms with E-state index in [9.17, 15) is 0 Å². The van der Waals surface area contributed by atoms with Crippen LogP contribution in [-0.2, 0) is 5.75 Å². The van der Waals surface area contributed by atoms with Crippen molar-refractivity contribution in [1.82, 2.24) is 15.0 Å². The molecule has 5 nitrogen and oxygen atoms in total. The minimum atomic E-state index is 0.379. The Morgan fingerprint density at radius 2 is 2.03 bits per heavy atom. The molecule has 3 rings (SSSR count). The lowest BCUT2D eigenvalue weighted by molar-refractivity contribution is 0.356. The number of benzene rings is 2. The van der Waals surface area contributed by atoms with Gasteiger partial charge in [0.2, 0.25) is 5.95 Å². The van der Waals surface area contributed by atoms with Crippen molar-refractivity contribution in [3.8, 4) is 17.1 Å². The molecule has 0 saturated carbocycles. The molecule has 0 radical (unpaired) electrons. The Morgan fingerprint density at radius 3 is 2.81 bits per heavy atom. The largest absolute Gasteiger partial charge is 0.488 e. The normalized spacial score (nSPS) is 11.1. The van der Waals surface area contributed by atoms with E-state index in [-0.39, 0.29) is 0 Å². The van der Waals surface area contributed by atoms with E-state index in [1.807, 2.05) is 43.3 Å². The Balaban J connectivity index is 1.86. The van der Waals surface area contributed by atoms with Crippen LogP contribution >= 0.6 is 11.8 Å². The molecule has 0 spiro atoms. The van der Waals surface area contributed by atoms with Gasteiger partial charge in [-0.05, 0) is 54.1 Å². The van der Waals surface area contributed by atoms with E-state index in [1.54, 1.807) is 23.9 Å². The number of rotatable bonds is 10. The van der Waals surface area contributed by atoms with Gasteiger partial charge in [-0.3, -0.25) is 0 Å². The van der Waals surface area contributed by atoms with Gasteiger partial charge in [0.05, 0.1) is 5.56 Å². The zero-order valence-electron chi connectivity index (χ0n) is 17.8. The third-order valence-electron chi connectivity index (χ3n) is 4.43. The van der Waals surface area contributed by atoms with Crippen LogP contribution < -0.4 is 10.1 Å². The monoisotopic (exact) mass is 430 g/mol. The number of hydrogen-bond donors (Lipinski definition) is 1. The van der Waals surface area contributed by atoms with Crippen LogP contribution in [0.15, 0.2) is 85.8 Å². The molecule has 0 atom stereocenters. The van der Waals surface area contributed by atoms with E-state index in [0.717, 1.165) is 28.1 Å². The highest BCUT2D eigenvalue weighted by atomic mass is 32.2. The molecule has 3 aromatic rings. The summed E-state index contributed by atoms with van der Waals surface area (Å²) in [6.45, 7) is 9.95. The molecule has 158 valence electrons. The van der Waals surface area contributed by atoms with Gasteiger partial charge < -0.3 is 10.1 Å². The van der Waals surface area contributed by atoms with E-state index in [1.165, 1.54) is 11.9 Å². The summed E-state index contributed by atoms with van der Waals surface area (Å²) in [7, 11) is 0. The minimum absolute atomic E-state index is 0.379. The molecular weight excluding hydrogens is 404 g/mol. The van der Waals surface area contributed by atoms with Gasteiger partial charge in [-0.1, -0.05) is 49.6 Å². The first-order valence-electron chi connectivity index (χ1n) is 9.84. The number of ether oxygens (including phenoxy) is 1. The number of aromatic nitrogens is 3. The first kappa shape index (κ1) is 22.3. The third-order valence-corrected chi connectivity index (χ3v) is 5.05. The Morgan fingerprint density at radius 1 is 1.16 bits per heavy atom. The maximum atomic E-state index is 6.07. The Bertz CT molecular complexity index is 1090. The molecular formula is C25H26N4OS. The van der Waals surface area contributed by atoms with Gasteiger partial charge in [-0.15, -0.1) is 0 Å². The van der Waals surface area contributed by atoms with Gasteiger partial charge in [0.25, 0.3) is 0 Å². The lowest BCUT2D eigenvalue weighted by Crippen LogP contribution is -2.04. The second-order valence-electron chi connectivity index (χ2n) is 6.86. The molecule has 0 bridgehead atoms. The van der Waals surface area contributed by atoms with Crippen molar-refractivity contribution in [3.05, 3.63) is 96.9 Å². The number of nitrogens with zero attached hydrogens (tertiary/aromatic N) is 3. The van der Waals surface area contributed by atoms with E-state index in [4.69, 9.17) is 4.74 Å². The summed E-state index contributed by atoms with van der Waals surface area (Å²) in [6, 6.07) is 14.2. The topological polar surface area (TPSA) is 59.9 Å². The smallest absolute Gasteiger partial charge is 0.230 e. The molecule has 0 aliphatic rings. The van der Waals surface area contributed by atoms with Gasteiger partial charge in [0.1, 0.15) is 18.7 Å². The van der Waals surface area contributed by atoms with Crippen molar-refractivity contribution in [1.29, 1.82) is 0 Å². The minimum Gasteiger partial charge on any atom is -0.488 e. The van der Waals surface area contributed by atoms with Crippen molar-refractivity contribution in [2.45, 2.75) is 12.7 Å². The molecule has 0 aliphatic heterocycles. The molecule has 0 fully saturated rings. The molecule has 0 amide bonds. The number of aryl methyl sites for hydroxylation is 1. The number of thioether (sulfide) groups is 1. The molecule has 2 aromatic carbocycles.